The summed E-state index contributed by atoms with van der Waals surface area (Å²) in [6.07, 6.45) is 3.22. The lowest BCUT2D eigenvalue weighted by molar-refractivity contribution is -0.121. The SMILES string of the molecule is COc1cc(C)c(C(N)C2CCC(=O)CC2)cc1C. The van der Waals surface area contributed by atoms with Crippen LogP contribution in [0, 0.1) is 19.8 Å². The van der Waals surface area contributed by atoms with Crippen LogP contribution < -0.4 is 10.5 Å². The second-order valence-electron chi connectivity index (χ2n) is 5.58. The lowest BCUT2D eigenvalue weighted by Gasteiger charge is -2.28. The lowest BCUT2D eigenvalue weighted by Crippen LogP contribution is -2.26. The largest absolute Gasteiger partial charge is 0.496 e. The van der Waals surface area contributed by atoms with Crippen LogP contribution in [0.3, 0.4) is 0 Å². The molecule has 0 aliphatic heterocycles. The van der Waals surface area contributed by atoms with Crippen molar-refractivity contribution in [2.75, 3.05) is 7.11 Å². The first-order valence-corrected chi connectivity index (χ1v) is 6.95. The Morgan fingerprint density at radius 1 is 1.21 bits per heavy atom. The molecule has 1 aliphatic rings. The second-order valence-corrected chi connectivity index (χ2v) is 5.58. The van der Waals surface area contributed by atoms with Crippen molar-refractivity contribution in [3.8, 4) is 5.75 Å². The highest BCUT2D eigenvalue weighted by atomic mass is 16.5. The molecule has 1 aliphatic carbocycles. The number of benzene rings is 1. The minimum absolute atomic E-state index is 0.0257. The van der Waals surface area contributed by atoms with Crippen LogP contribution in [0.1, 0.15) is 48.4 Å². The summed E-state index contributed by atoms with van der Waals surface area (Å²) < 4.78 is 5.33. The minimum atomic E-state index is 0.0257. The molecule has 0 aromatic heterocycles. The summed E-state index contributed by atoms with van der Waals surface area (Å²) in [6, 6.07) is 4.21. The molecular weight excluding hydrogens is 238 g/mol. The molecule has 1 unspecified atom stereocenters. The fourth-order valence-electron chi connectivity index (χ4n) is 2.97. The number of carbonyl (C=O) groups excluding carboxylic acids is 1. The van der Waals surface area contributed by atoms with Gasteiger partial charge in [0.15, 0.2) is 0 Å². The Bertz CT molecular complexity index is 472. The molecule has 19 heavy (non-hydrogen) atoms. The van der Waals surface area contributed by atoms with Crippen molar-refractivity contribution >= 4 is 5.78 Å². The van der Waals surface area contributed by atoms with E-state index in [0.29, 0.717) is 24.5 Å². The fourth-order valence-corrected chi connectivity index (χ4v) is 2.97. The van der Waals surface area contributed by atoms with Crippen molar-refractivity contribution in [3.05, 3.63) is 28.8 Å². The van der Waals surface area contributed by atoms with Crippen LogP contribution in [0.15, 0.2) is 12.1 Å². The molecule has 1 aromatic carbocycles. The van der Waals surface area contributed by atoms with Gasteiger partial charge in [0, 0.05) is 18.9 Å². The van der Waals surface area contributed by atoms with Gasteiger partial charge in [0.05, 0.1) is 7.11 Å². The zero-order valence-electron chi connectivity index (χ0n) is 12.0. The number of Topliss-reactive ketones (excluding diaryl/α,β-unsaturated/α-hetero) is 1. The lowest BCUT2D eigenvalue weighted by atomic mass is 9.80. The van der Waals surface area contributed by atoms with Crippen molar-refractivity contribution in [3.63, 3.8) is 0 Å². The van der Waals surface area contributed by atoms with Crippen LogP contribution in [0.4, 0.5) is 0 Å². The summed E-state index contributed by atoms with van der Waals surface area (Å²) >= 11 is 0. The number of hydrogen-bond donors (Lipinski definition) is 1. The van der Waals surface area contributed by atoms with E-state index in [-0.39, 0.29) is 6.04 Å². The topological polar surface area (TPSA) is 52.3 Å². The zero-order valence-corrected chi connectivity index (χ0v) is 12.0. The molecule has 3 heteroatoms. The van der Waals surface area contributed by atoms with Crippen LogP contribution in [-0.4, -0.2) is 12.9 Å². The fraction of sp³-hybridized carbons (Fsp3) is 0.562. The number of hydrogen-bond acceptors (Lipinski definition) is 3. The Hall–Kier alpha value is -1.35. The van der Waals surface area contributed by atoms with Crippen LogP contribution in [0.2, 0.25) is 0 Å². The van der Waals surface area contributed by atoms with E-state index in [0.717, 1.165) is 24.2 Å². The van der Waals surface area contributed by atoms with Gasteiger partial charge in [-0.05, 0) is 55.4 Å². The van der Waals surface area contributed by atoms with E-state index in [2.05, 4.69) is 19.1 Å². The molecule has 0 radical (unpaired) electrons. The number of methoxy groups -OCH3 is 1. The number of rotatable bonds is 3. The van der Waals surface area contributed by atoms with Crippen molar-refractivity contribution < 1.29 is 9.53 Å². The van der Waals surface area contributed by atoms with Crippen LogP contribution >= 0.6 is 0 Å². The van der Waals surface area contributed by atoms with Gasteiger partial charge in [-0.15, -0.1) is 0 Å². The molecule has 1 atom stereocenters. The average molecular weight is 261 g/mol. The average Bonchev–Trinajstić information content (AvgIpc) is 2.41. The first-order chi connectivity index (χ1) is 9.02. The highest BCUT2D eigenvalue weighted by molar-refractivity contribution is 5.79. The van der Waals surface area contributed by atoms with Gasteiger partial charge >= 0.3 is 0 Å². The van der Waals surface area contributed by atoms with Gasteiger partial charge in [-0.25, -0.2) is 0 Å². The Morgan fingerprint density at radius 3 is 2.42 bits per heavy atom. The maximum absolute atomic E-state index is 11.3. The molecule has 2 N–H and O–H groups in total. The van der Waals surface area contributed by atoms with E-state index in [1.807, 2.05) is 6.92 Å². The third-order valence-corrected chi connectivity index (χ3v) is 4.24. The molecule has 0 bridgehead atoms. The van der Waals surface area contributed by atoms with Gasteiger partial charge in [0.2, 0.25) is 0 Å². The first-order valence-electron chi connectivity index (χ1n) is 6.95. The Labute approximate surface area is 115 Å². The van der Waals surface area contributed by atoms with Gasteiger partial charge < -0.3 is 10.5 Å². The van der Waals surface area contributed by atoms with E-state index in [4.69, 9.17) is 10.5 Å². The van der Waals surface area contributed by atoms with Crippen molar-refractivity contribution in [2.45, 2.75) is 45.6 Å². The Balaban J connectivity index is 2.21. The van der Waals surface area contributed by atoms with Gasteiger partial charge in [-0.1, -0.05) is 6.07 Å². The number of aryl methyl sites for hydroxylation is 2. The van der Waals surface area contributed by atoms with Gasteiger partial charge in [0.25, 0.3) is 0 Å². The van der Waals surface area contributed by atoms with E-state index < -0.39 is 0 Å². The molecule has 0 saturated heterocycles. The first kappa shape index (κ1) is 14.1. The van der Waals surface area contributed by atoms with Gasteiger partial charge in [-0.2, -0.15) is 0 Å². The summed E-state index contributed by atoms with van der Waals surface area (Å²) in [5.74, 6) is 1.71. The monoisotopic (exact) mass is 261 g/mol. The summed E-state index contributed by atoms with van der Waals surface area (Å²) in [4.78, 5) is 11.3. The highest BCUT2D eigenvalue weighted by Gasteiger charge is 2.26. The molecular formula is C16H23NO2. The Kier molecular flexibility index (Phi) is 4.25. The van der Waals surface area contributed by atoms with Crippen LogP contribution in [0.25, 0.3) is 0 Å². The summed E-state index contributed by atoms with van der Waals surface area (Å²) in [7, 11) is 1.69. The Morgan fingerprint density at radius 2 is 1.84 bits per heavy atom. The number of nitrogens with two attached hydrogens (primary N) is 1. The predicted octanol–water partition coefficient (Wildman–Crippen LogP) is 3.07. The van der Waals surface area contributed by atoms with E-state index in [1.165, 1.54) is 11.1 Å². The van der Waals surface area contributed by atoms with E-state index in [9.17, 15) is 4.79 Å². The normalized spacial score (nSPS) is 18.4. The smallest absolute Gasteiger partial charge is 0.132 e. The standard InChI is InChI=1S/C16H23NO2/c1-10-9-15(19-3)11(2)8-14(10)16(17)12-4-6-13(18)7-5-12/h8-9,12,16H,4-7,17H2,1-3H3. The third kappa shape index (κ3) is 2.98. The number of ether oxygens (including phenoxy) is 1. The predicted molar refractivity (Wildman–Crippen MR) is 76.4 cm³/mol. The summed E-state index contributed by atoms with van der Waals surface area (Å²) in [5, 5.41) is 0. The van der Waals surface area contributed by atoms with Crippen molar-refractivity contribution in [1.29, 1.82) is 0 Å². The molecule has 1 fully saturated rings. The van der Waals surface area contributed by atoms with Crippen LogP contribution in [-0.2, 0) is 4.79 Å². The maximum atomic E-state index is 11.3. The van der Waals surface area contributed by atoms with Crippen LogP contribution in [0.5, 0.6) is 5.75 Å². The second kappa shape index (κ2) is 5.74. The third-order valence-electron chi connectivity index (χ3n) is 4.24. The van der Waals surface area contributed by atoms with Crippen molar-refractivity contribution in [1.82, 2.24) is 0 Å². The quantitative estimate of drug-likeness (QED) is 0.909. The van der Waals surface area contributed by atoms with E-state index >= 15 is 0 Å². The molecule has 3 nitrogen and oxygen atoms in total. The minimum Gasteiger partial charge on any atom is -0.496 e. The molecule has 0 amide bonds. The molecule has 1 saturated carbocycles. The molecule has 104 valence electrons. The van der Waals surface area contributed by atoms with Gasteiger partial charge in [-0.3, -0.25) is 4.79 Å². The summed E-state index contributed by atoms with van der Waals surface area (Å²) in [6.45, 7) is 4.12. The molecule has 1 aromatic rings. The zero-order chi connectivity index (χ0) is 14.0. The number of ketones is 1. The summed E-state index contributed by atoms with van der Waals surface area (Å²) in [5.41, 5.74) is 9.91. The molecule has 0 heterocycles. The molecule has 2 rings (SSSR count). The van der Waals surface area contributed by atoms with E-state index in [1.54, 1.807) is 7.11 Å². The number of carbonyl (C=O) groups is 1. The van der Waals surface area contributed by atoms with Gasteiger partial charge in [0.1, 0.15) is 11.5 Å². The van der Waals surface area contributed by atoms with Crippen molar-refractivity contribution in [2.24, 2.45) is 11.7 Å². The maximum Gasteiger partial charge on any atom is 0.132 e. The highest BCUT2D eigenvalue weighted by Crippen LogP contribution is 2.35. The molecule has 0 spiro atoms.